The quantitative estimate of drug-likeness (QED) is 0.578. The smallest absolute Gasteiger partial charge is 0.252 e. The van der Waals surface area contributed by atoms with Gasteiger partial charge in [0.15, 0.2) is 11.5 Å². The van der Waals surface area contributed by atoms with Crippen molar-refractivity contribution in [3.8, 4) is 28.6 Å². The first-order chi connectivity index (χ1) is 14.9. The third-order valence-electron chi connectivity index (χ3n) is 4.67. The number of carbonyl (C=O) groups excluding carboxylic acids is 1. The maximum Gasteiger partial charge on any atom is 0.252 e. The second-order valence-electron chi connectivity index (χ2n) is 7.08. The molecule has 9 heteroatoms. The van der Waals surface area contributed by atoms with Gasteiger partial charge in [-0.05, 0) is 36.2 Å². The number of ether oxygens (including phenoxy) is 3. The number of carbonyl (C=O) groups is 1. The first-order valence-electron chi connectivity index (χ1n) is 9.58. The van der Waals surface area contributed by atoms with Crippen molar-refractivity contribution in [2.45, 2.75) is 19.9 Å². The van der Waals surface area contributed by atoms with Crippen LogP contribution in [0.5, 0.6) is 17.2 Å². The van der Waals surface area contributed by atoms with Crippen molar-refractivity contribution in [3.63, 3.8) is 0 Å². The Hall–Kier alpha value is -3.62. The van der Waals surface area contributed by atoms with Crippen LogP contribution in [0.1, 0.15) is 36.1 Å². The summed E-state index contributed by atoms with van der Waals surface area (Å²) >= 11 is 0. The number of amides is 1. The predicted molar refractivity (Wildman–Crippen MR) is 111 cm³/mol. The Morgan fingerprint density at radius 3 is 2.29 bits per heavy atom. The average Bonchev–Trinajstić information content (AvgIpc) is 3.25. The van der Waals surface area contributed by atoms with Gasteiger partial charge in [-0.15, -0.1) is 0 Å². The van der Waals surface area contributed by atoms with Gasteiger partial charge in [0.1, 0.15) is 11.9 Å². The standard InChI is InChI=1S/C22H24FN3O5/c1-12(2)18(24-21(27)13-7-6-8-15(23)9-13)22-25-20(26-31-22)14-10-16(28-3)19(30-5)17(11-14)29-4/h6-12,18H,1-5H3,(H,24,27). The fourth-order valence-electron chi connectivity index (χ4n) is 3.06. The van der Waals surface area contributed by atoms with E-state index in [1.807, 2.05) is 13.8 Å². The third-order valence-corrected chi connectivity index (χ3v) is 4.67. The Balaban J connectivity index is 1.91. The molecule has 0 aliphatic carbocycles. The van der Waals surface area contributed by atoms with Crippen LogP contribution in [0.4, 0.5) is 4.39 Å². The van der Waals surface area contributed by atoms with Gasteiger partial charge >= 0.3 is 0 Å². The number of aromatic nitrogens is 2. The molecule has 0 radical (unpaired) electrons. The Morgan fingerprint density at radius 1 is 1.06 bits per heavy atom. The van der Waals surface area contributed by atoms with Crippen LogP contribution in [0, 0.1) is 11.7 Å². The predicted octanol–water partition coefficient (Wildman–Crippen LogP) is 4.03. The number of hydrogen-bond acceptors (Lipinski definition) is 7. The zero-order valence-electron chi connectivity index (χ0n) is 17.9. The van der Waals surface area contributed by atoms with E-state index in [1.165, 1.54) is 45.6 Å². The van der Waals surface area contributed by atoms with E-state index in [2.05, 4.69) is 15.5 Å². The summed E-state index contributed by atoms with van der Waals surface area (Å²) in [6, 6.07) is 8.28. The minimum Gasteiger partial charge on any atom is -0.493 e. The second kappa shape index (κ2) is 9.46. The molecule has 0 saturated carbocycles. The van der Waals surface area contributed by atoms with Crippen molar-refractivity contribution in [3.05, 3.63) is 53.7 Å². The molecule has 0 aliphatic rings. The molecule has 0 spiro atoms. The number of nitrogens with zero attached hydrogens (tertiary/aromatic N) is 2. The van der Waals surface area contributed by atoms with E-state index in [0.717, 1.165) is 0 Å². The lowest BCUT2D eigenvalue weighted by atomic mass is 10.0. The zero-order chi connectivity index (χ0) is 22.5. The molecule has 1 atom stereocenters. The van der Waals surface area contributed by atoms with Crippen LogP contribution in [0.25, 0.3) is 11.4 Å². The van der Waals surface area contributed by atoms with Crippen molar-refractivity contribution < 1.29 is 27.9 Å². The average molecular weight is 429 g/mol. The molecule has 2 aromatic carbocycles. The molecular formula is C22H24FN3O5. The Morgan fingerprint density at radius 2 is 1.74 bits per heavy atom. The van der Waals surface area contributed by atoms with Crippen molar-refractivity contribution in [1.82, 2.24) is 15.5 Å². The number of nitrogens with one attached hydrogen (secondary N) is 1. The molecule has 164 valence electrons. The molecule has 1 heterocycles. The number of methoxy groups -OCH3 is 3. The van der Waals surface area contributed by atoms with Gasteiger partial charge in [0.25, 0.3) is 5.91 Å². The van der Waals surface area contributed by atoms with E-state index in [1.54, 1.807) is 12.1 Å². The van der Waals surface area contributed by atoms with Crippen LogP contribution in [-0.2, 0) is 0 Å². The molecule has 1 amide bonds. The maximum absolute atomic E-state index is 13.5. The molecule has 1 N–H and O–H groups in total. The molecule has 8 nitrogen and oxygen atoms in total. The van der Waals surface area contributed by atoms with Gasteiger partial charge in [0, 0.05) is 11.1 Å². The first kappa shape index (κ1) is 22.1. The highest BCUT2D eigenvalue weighted by Gasteiger charge is 2.26. The van der Waals surface area contributed by atoms with Crippen LogP contribution in [0.3, 0.4) is 0 Å². The lowest BCUT2D eigenvalue weighted by molar-refractivity contribution is 0.0913. The number of benzene rings is 2. The van der Waals surface area contributed by atoms with E-state index in [-0.39, 0.29) is 17.4 Å². The minimum absolute atomic E-state index is 0.0641. The van der Waals surface area contributed by atoms with Crippen LogP contribution >= 0.6 is 0 Å². The van der Waals surface area contributed by atoms with Gasteiger partial charge in [-0.25, -0.2) is 4.39 Å². The Labute approximate surface area is 179 Å². The Kier molecular flexibility index (Phi) is 6.74. The van der Waals surface area contributed by atoms with E-state index in [0.29, 0.717) is 28.6 Å². The van der Waals surface area contributed by atoms with Crippen molar-refractivity contribution in [2.24, 2.45) is 5.92 Å². The summed E-state index contributed by atoms with van der Waals surface area (Å²) in [5.41, 5.74) is 0.790. The van der Waals surface area contributed by atoms with Gasteiger partial charge in [-0.2, -0.15) is 4.98 Å². The first-order valence-corrected chi connectivity index (χ1v) is 9.58. The molecule has 0 saturated heterocycles. The summed E-state index contributed by atoms with van der Waals surface area (Å²) < 4.78 is 35.0. The molecule has 0 fully saturated rings. The van der Waals surface area contributed by atoms with E-state index in [4.69, 9.17) is 18.7 Å². The highest BCUT2D eigenvalue weighted by atomic mass is 19.1. The maximum atomic E-state index is 13.5. The number of hydrogen-bond donors (Lipinski definition) is 1. The topological polar surface area (TPSA) is 95.7 Å². The number of rotatable bonds is 8. The van der Waals surface area contributed by atoms with Gasteiger partial charge in [0.05, 0.1) is 21.3 Å². The van der Waals surface area contributed by atoms with Crippen molar-refractivity contribution in [2.75, 3.05) is 21.3 Å². The molecule has 3 aromatic rings. The molecule has 1 aromatic heterocycles. The number of halogens is 1. The fraction of sp³-hybridized carbons (Fsp3) is 0.318. The monoisotopic (exact) mass is 429 g/mol. The molecule has 1 unspecified atom stereocenters. The van der Waals surface area contributed by atoms with Gasteiger partial charge in [-0.3, -0.25) is 4.79 Å². The SMILES string of the molecule is COc1cc(-c2noc(C(NC(=O)c3cccc(F)c3)C(C)C)n2)cc(OC)c1OC. The van der Waals surface area contributed by atoms with Crippen LogP contribution in [0.2, 0.25) is 0 Å². The summed E-state index contributed by atoms with van der Waals surface area (Å²) in [5, 5.41) is 6.87. The van der Waals surface area contributed by atoms with Crippen molar-refractivity contribution in [1.29, 1.82) is 0 Å². The molecule has 0 bridgehead atoms. The normalized spacial score (nSPS) is 11.8. The lowest BCUT2D eigenvalue weighted by Crippen LogP contribution is -2.32. The second-order valence-corrected chi connectivity index (χ2v) is 7.08. The van der Waals surface area contributed by atoms with Crippen LogP contribution < -0.4 is 19.5 Å². The summed E-state index contributed by atoms with van der Waals surface area (Å²) in [6.07, 6.45) is 0. The van der Waals surface area contributed by atoms with Gasteiger partial charge in [-0.1, -0.05) is 25.1 Å². The summed E-state index contributed by atoms with van der Waals surface area (Å²) in [4.78, 5) is 17.0. The minimum atomic E-state index is -0.570. The van der Waals surface area contributed by atoms with Crippen molar-refractivity contribution >= 4 is 5.91 Å². The highest BCUT2D eigenvalue weighted by Crippen LogP contribution is 2.40. The Bertz CT molecular complexity index is 1040. The molecular weight excluding hydrogens is 405 g/mol. The molecule has 3 rings (SSSR count). The van der Waals surface area contributed by atoms with E-state index >= 15 is 0 Å². The van der Waals surface area contributed by atoms with Gasteiger partial charge < -0.3 is 24.1 Å². The molecule has 31 heavy (non-hydrogen) atoms. The van der Waals surface area contributed by atoms with Crippen LogP contribution in [-0.4, -0.2) is 37.4 Å². The van der Waals surface area contributed by atoms with E-state index < -0.39 is 17.8 Å². The summed E-state index contributed by atoms with van der Waals surface area (Å²) in [7, 11) is 4.54. The summed E-state index contributed by atoms with van der Waals surface area (Å²) in [5.74, 6) is 0.863. The molecule has 0 aliphatic heterocycles. The zero-order valence-corrected chi connectivity index (χ0v) is 17.9. The van der Waals surface area contributed by atoms with Gasteiger partial charge in [0.2, 0.25) is 17.5 Å². The third kappa shape index (κ3) is 4.76. The van der Waals surface area contributed by atoms with Crippen LogP contribution in [0.15, 0.2) is 40.9 Å². The largest absolute Gasteiger partial charge is 0.493 e. The summed E-state index contributed by atoms with van der Waals surface area (Å²) in [6.45, 7) is 3.81. The lowest BCUT2D eigenvalue weighted by Gasteiger charge is -2.18. The van der Waals surface area contributed by atoms with E-state index in [9.17, 15) is 9.18 Å². The highest BCUT2D eigenvalue weighted by molar-refractivity contribution is 5.94. The fourth-order valence-corrected chi connectivity index (χ4v) is 3.06.